The summed E-state index contributed by atoms with van der Waals surface area (Å²) in [5, 5.41) is 6.36. The molecule has 1 N–H and O–H groups in total. The predicted octanol–water partition coefficient (Wildman–Crippen LogP) is 3.93. The highest BCUT2D eigenvalue weighted by Gasteiger charge is 2.38. The molecule has 5 heteroatoms. The van der Waals surface area contributed by atoms with Crippen LogP contribution in [0.5, 0.6) is 0 Å². The van der Waals surface area contributed by atoms with Crippen LogP contribution < -0.4 is 5.32 Å². The van der Waals surface area contributed by atoms with Gasteiger partial charge in [-0.15, -0.1) is 11.3 Å². The van der Waals surface area contributed by atoms with Crippen LogP contribution in [0.2, 0.25) is 0 Å². The van der Waals surface area contributed by atoms with E-state index in [-0.39, 0.29) is 5.60 Å². The van der Waals surface area contributed by atoms with Crippen LogP contribution in [0.15, 0.2) is 11.4 Å². The fraction of sp³-hybridized carbons (Fsp3) is 0.600. The average molecular weight is 291 g/mol. The summed E-state index contributed by atoms with van der Waals surface area (Å²) in [5.74, 6) is 1.77. The molecule has 0 amide bonds. The lowest BCUT2D eigenvalue weighted by atomic mass is 9.84. The summed E-state index contributed by atoms with van der Waals surface area (Å²) in [6.45, 7) is 2.76. The molecular weight excluding hydrogens is 270 g/mol. The van der Waals surface area contributed by atoms with E-state index in [4.69, 9.17) is 14.7 Å². The van der Waals surface area contributed by atoms with E-state index >= 15 is 0 Å². The lowest BCUT2D eigenvalue weighted by molar-refractivity contribution is -0.0763. The van der Waals surface area contributed by atoms with E-state index < -0.39 is 0 Å². The Balaban J connectivity index is 2.10. The maximum absolute atomic E-state index is 6.13. The van der Waals surface area contributed by atoms with Crippen molar-refractivity contribution < 1.29 is 4.74 Å². The Hall–Kier alpha value is -1.20. The fourth-order valence-corrected chi connectivity index (χ4v) is 3.85. The third-order valence-electron chi connectivity index (χ3n) is 4.05. The van der Waals surface area contributed by atoms with E-state index in [9.17, 15) is 0 Å². The summed E-state index contributed by atoms with van der Waals surface area (Å²) in [5.41, 5.74) is -0.281. The Morgan fingerprint density at radius 1 is 1.30 bits per heavy atom. The Labute approximate surface area is 123 Å². The molecular formula is C15H21N3OS. The van der Waals surface area contributed by atoms with E-state index in [1.807, 2.05) is 7.05 Å². The number of hydrogen-bond donors (Lipinski definition) is 1. The first-order valence-corrected chi connectivity index (χ1v) is 8.24. The molecule has 1 saturated carbocycles. The zero-order valence-corrected chi connectivity index (χ0v) is 12.9. The van der Waals surface area contributed by atoms with Crippen molar-refractivity contribution in [3.63, 3.8) is 0 Å². The van der Waals surface area contributed by atoms with Crippen molar-refractivity contribution in [2.45, 2.75) is 44.6 Å². The van der Waals surface area contributed by atoms with E-state index in [0.29, 0.717) is 6.61 Å². The molecule has 0 saturated heterocycles. The molecule has 0 spiro atoms. The van der Waals surface area contributed by atoms with Gasteiger partial charge in [-0.1, -0.05) is 19.3 Å². The van der Waals surface area contributed by atoms with Crippen molar-refractivity contribution in [3.05, 3.63) is 17.3 Å². The highest BCUT2D eigenvalue weighted by molar-refractivity contribution is 7.16. The molecule has 2 aromatic heterocycles. The Morgan fingerprint density at radius 2 is 2.10 bits per heavy atom. The average Bonchev–Trinajstić information content (AvgIpc) is 2.96. The lowest BCUT2D eigenvalue weighted by Gasteiger charge is -2.35. The summed E-state index contributed by atoms with van der Waals surface area (Å²) >= 11 is 1.67. The van der Waals surface area contributed by atoms with Gasteiger partial charge < -0.3 is 10.1 Å². The quantitative estimate of drug-likeness (QED) is 0.927. The van der Waals surface area contributed by atoms with Crippen molar-refractivity contribution in [2.24, 2.45) is 0 Å². The maximum Gasteiger partial charge on any atom is 0.164 e. The Bertz CT molecular complexity index is 584. The molecule has 2 heterocycles. The summed E-state index contributed by atoms with van der Waals surface area (Å²) < 4.78 is 6.13. The summed E-state index contributed by atoms with van der Waals surface area (Å²) in [6, 6.07) is 2.07. The topological polar surface area (TPSA) is 47.0 Å². The van der Waals surface area contributed by atoms with Gasteiger partial charge in [0.15, 0.2) is 5.82 Å². The molecule has 1 aliphatic rings. The minimum atomic E-state index is -0.281. The normalized spacial score (nSPS) is 18.3. The number of anilines is 1. The fourth-order valence-electron chi connectivity index (χ4n) is 3.08. The molecule has 0 aromatic carbocycles. The molecule has 3 rings (SSSR count). The van der Waals surface area contributed by atoms with Crippen LogP contribution in [-0.2, 0) is 10.3 Å². The molecule has 0 atom stereocenters. The highest BCUT2D eigenvalue weighted by Crippen LogP contribution is 2.40. The van der Waals surface area contributed by atoms with Crippen LogP contribution in [0.25, 0.3) is 10.2 Å². The van der Waals surface area contributed by atoms with Gasteiger partial charge in [0.1, 0.15) is 16.2 Å². The third-order valence-corrected chi connectivity index (χ3v) is 4.86. The van der Waals surface area contributed by atoms with Gasteiger partial charge in [0.2, 0.25) is 0 Å². The van der Waals surface area contributed by atoms with Gasteiger partial charge in [-0.2, -0.15) is 0 Å². The van der Waals surface area contributed by atoms with Crippen molar-refractivity contribution in [1.29, 1.82) is 0 Å². The molecule has 0 radical (unpaired) electrons. The van der Waals surface area contributed by atoms with Crippen molar-refractivity contribution in [1.82, 2.24) is 9.97 Å². The van der Waals surface area contributed by atoms with Crippen LogP contribution in [-0.4, -0.2) is 23.6 Å². The smallest absolute Gasteiger partial charge is 0.164 e. The number of hydrogen-bond acceptors (Lipinski definition) is 5. The Morgan fingerprint density at radius 3 is 2.80 bits per heavy atom. The number of fused-ring (bicyclic) bond motifs is 1. The van der Waals surface area contributed by atoms with Crippen molar-refractivity contribution in [3.8, 4) is 0 Å². The number of nitrogens with one attached hydrogen (secondary N) is 1. The summed E-state index contributed by atoms with van der Waals surface area (Å²) in [7, 11) is 1.91. The van der Waals surface area contributed by atoms with E-state index in [1.165, 1.54) is 19.3 Å². The maximum atomic E-state index is 6.13. The third kappa shape index (κ3) is 2.29. The number of aromatic nitrogens is 2. The van der Waals surface area contributed by atoms with E-state index in [2.05, 4.69) is 23.7 Å². The second-order valence-corrected chi connectivity index (χ2v) is 6.17. The zero-order chi connectivity index (χ0) is 14.0. The van der Waals surface area contributed by atoms with Crippen LogP contribution >= 0.6 is 11.3 Å². The first-order chi connectivity index (χ1) is 9.79. The van der Waals surface area contributed by atoms with Crippen LogP contribution in [0, 0.1) is 0 Å². The molecule has 1 aliphatic carbocycles. The summed E-state index contributed by atoms with van der Waals surface area (Å²) in [6.07, 6.45) is 5.73. The number of nitrogens with zero attached hydrogens (tertiary/aromatic N) is 2. The SMILES string of the molecule is CCOC1(c2nc(NC)c3ccsc3n2)CCCCC1. The molecule has 0 bridgehead atoms. The first kappa shape index (κ1) is 13.8. The van der Waals surface area contributed by atoms with Gasteiger partial charge in [0.05, 0.1) is 5.39 Å². The monoisotopic (exact) mass is 291 g/mol. The first-order valence-electron chi connectivity index (χ1n) is 7.36. The highest BCUT2D eigenvalue weighted by atomic mass is 32.1. The second-order valence-electron chi connectivity index (χ2n) is 5.27. The largest absolute Gasteiger partial charge is 0.372 e. The zero-order valence-electron chi connectivity index (χ0n) is 12.1. The molecule has 20 heavy (non-hydrogen) atoms. The van der Waals surface area contributed by atoms with E-state index in [1.54, 1.807) is 11.3 Å². The van der Waals surface area contributed by atoms with Crippen LogP contribution in [0.1, 0.15) is 44.9 Å². The Kier molecular flexibility index (Phi) is 3.89. The molecule has 108 valence electrons. The van der Waals surface area contributed by atoms with Crippen LogP contribution in [0.3, 0.4) is 0 Å². The minimum Gasteiger partial charge on any atom is -0.372 e. The van der Waals surface area contributed by atoms with Gasteiger partial charge in [-0.25, -0.2) is 9.97 Å². The van der Waals surface area contributed by atoms with Gasteiger partial charge >= 0.3 is 0 Å². The number of ether oxygens (including phenoxy) is 1. The lowest BCUT2D eigenvalue weighted by Crippen LogP contribution is -2.34. The molecule has 4 nitrogen and oxygen atoms in total. The van der Waals surface area contributed by atoms with E-state index in [0.717, 1.165) is 34.7 Å². The number of rotatable bonds is 4. The van der Waals surface area contributed by atoms with Crippen molar-refractivity contribution >= 4 is 27.4 Å². The molecule has 1 fully saturated rings. The minimum absolute atomic E-state index is 0.281. The van der Waals surface area contributed by atoms with Crippen molar-refractivity contribution in [2.75, 3.05) is 19.0 Å². The van der Waals surface area contributed by atoms with Gasteiger partial charge in [-0.05, 0) is 31.2 Å². The summed E-state index contributed by atoms with van der Waals surface area (Å²) in [4.78, 5) is 10.6. The molecule has 0 unspecified atom stereocenters. The van der Waals surface area contributed by atoms with Crippen LogP contribution in [0.4, 0.5) is 5.82 Å². The molecule has 0 aliphatic heterocycles. The predicted molar refractivity (Wildman–Crippen MR) is 83.4 cm³/mol. The second kappa shape index (κ2) is 5.66. The molecule has 2 aromatic rings. The number of thiophene rings is 1. The van der Waals surface area contributed by atoms with Gasteiger partial charge in [-0.3, -0.25) is 0 Å². The van der Waals surface area contributed by atoms with Gasteiger partial charge in [0, 0.05) is 13.7 Å². The standard InChI is InChI=1S/C15H21N3OS/c1-3-19-15(8-5-4-6-9-15)14-17-12(16-2)11-7-10-20-13(11)18-14/h7,10H,3-6,8-9H2,1-2H3,(H,16,17,18). The van der Waals surface area contributed by atoms with Gasteiger partial charge in [0.25, 0.3) is 0 Å².